The SMILES string of the molecule is CN(C)CCn1ccc(NC(=O)C2CCNC2)n1.Cl.Cl. The summed E-state index contributed by atoms with van der Waals surface area (Å²) in [6.45, 7) is 3.46. The maximum absolute atomic E-state index is 11.9. The molecule has 1 aromatic heterocycles. The Balaban J connectivity index is 0.00000180. The number of rotatable bonds is 5. The van der Waals surface area contributed by atoms with Gasteiger partial charge < -0.3 is 15.5 Å². The minimum Gasteiger partial charge on any atom is -0.316 e. The van der Waals surface area contributed by atoms with E-state index in [1.54, 1.807) is 0 Å². The lowest BCUT2D eigenvalue weighted by Gasteiger charge is -2.09. The summed E-state index contributed by atoms with van der Waals surface area (Å²) in [6.07, 6.45) is 2.80. The van der Waals surface area contributed by atoms with Gasteiger partial charge in [0.15, 0.2) is 5.82 Å². The zero-order valence-corrected chi connectivity index (χ0v) is 13.5. The molecule has 0 saturated carbocycles. The van der Waals surface area contributed by atoms with Gasteiger partial charge in [-0.3, -0.25) is 9.48 Å². The highest BCUT2D eigenvalue weighted by atomic mass is 35.5. The maximum Gasteiger partial charge on any atom is 0.230 e. The predicted molar refractivity (Wildman–Crippen MR) is 84.9 cm³/mol. The Morgan fingerprint density at radius 2 is 2.30 bits per heavy atom. The summed E-state index contributed by atoms with van der Waals surface area (Å²) in [4.78, 5) is 14.0. The first-order valence-corrected chi connectivity index (χ1v) is 6.35. The van der Waals surface area contributed by atoms with Gasteiger partial charge in [-0.25, -0.2) is 0 Å². The smallest absolute Gasteiger partial charge is 0.230 e. The molecule has 0 radical (unpaired) electrons. The highest BCUT2D eigenvalue weighted by molar-refractivity contribution is 5.91. The Bertz CT molecular complexity index is 404. The van der Waals surface area contributed by atoms with Crippen molar-refractivity contribution in [3.05, 3.63) is 12.3 Å². The number of hydrogen-bond donors (Lipinski definition) is 2. The van der Waals surface area contributed by atoms with Crippen molar-refractivity contribution < 1.29 is 4.79 Å². The van der Waals surface area contributed by atoms with Gasteiger partial charge in [-0.2, -0.15) is 5.10 Å². The number of likely N-dealkylation sites (N-methyl/N-ethyl adjacent to an activating group) is 1. The van der Waals surface area contributed by atoms with Crippen LogP contribution in [0.25, 0.3) is 0 Å². The van der Waals surface area contributed by atoms with Crippen LogP contribution < -0.4 is 10.6 Å². The molecule has 1 atom stereocenters. The van der Waals surface area contributed by atoms with Crippen molar-refractivity contribution in [2.75, 3.05) is 39.0 Å². The fourth-order valence-corrected chi connectivity index (χ4v) is 1.96. The molecular formula is C12H23Cl2N5O. The zero-order valence-electron chi connectivity index (χ0n) is 11.8. The predicted octanol–water partition coefficient (Wildman–Crippen LogP) is 0.836. The molecule has 0 aromatic carbocycles. The fourth-order valence-electron chi connectivity index (χ4n) is 1.96. The Labute approximate surface area is 132 Å². The standard InChI is InChI=1S/C12H21N5O.2ClH/c1-16(2)7-8-17-6-4-11(15-17)14-12(18)10-3-5-13-9-10;;/h4,6,10,13H,3,5,7-9H2,1-2H3,(H,14,15,18);2*1H. The molecule has 2 N–H and O–H groups in total. The van der Waals surface area contributed by atoms with E-state index in [9.17, 15) is 4.79 Å². The van der Waals surface area contributed by atoms with Crippen LogP contribution in [0.1, 0.15) is 6.42 Å². The van der Waals surface area contributed by atoms with E-state index in [4.69, 9.17) is 0 Å². The van der Waals surface area contributed by atoms with Crippen LogP contribution in [0.15, 0.2) is 12.3 Å². The lowest BCUT2D eigenvalue weighted by atomic mass is 10.1. The average Bonchev–Trinajstić information content (AvgIpc) is 2.97. The molecule has 1 aliphatic heterocycles. The van der Waals surface area contributed by atoms with E-state index in [1.807, 2.05) is 31.0 Å². The van der Waals surface area contributed by atoms with Crippen molar-refractivity contribution in [1.29, 1.82) is 0 Å². The van der Waals surface area contributed by atoms with Crippen molar-refractivity contribution in [3.63, 3.8) is 0 Å². The molecule has 20 heavy (non-hydrogen) atoms. The van der Waals surface area contributed by atoms with Crippen LogP contribution in [0.3, 0.4) is 0 Å². The van der Waals surface area contributed by atoms with Crippen LogP contribution in [0.4, 0.5) is 5.82 Å². The van der Waals surface area contributed by atoms with Gasteiger partial charge in [0.05, 0.1) is 12.5 Å². The summed E-state index contributed by atoms with van der Waals surface area (Å²) in [6, 6.07) is 1.84. The molecule has 8 heteroatoms. The minimum absolute atomic E-state index is 0. The second-order valence-corrected chi connectivity index (χ2v) is 4.95. The molecule has 1 amide bonds. The molecule has 2 rings (SSSR count). The maximum atomic E-state index is 11.9. The first-order chi connectivity index (χ1) is 8.65. The first kappa shape index (κ1) is 19.2. The molecule has 6 nitrogen and oxygen atoms in total. The van der Waals surface area contributed by atoms with Gasteiger partial charge in [0, 0.05) is 25.4 Å². The lowest BCUT2D eigenvalue weighted by Crippen LogP contribution is -2.25. The van der Waals surface area contributed by atoms with Crippen LogP contribution in [0.2, 0.25) is 0 Å². The summed E-state index contributed by atoms with van der Waals surface area (Å²) < 4.78 is 1.85. The van der Waals surface area contributed by atoms with Crippen LogP contribution in [-0.2, 0) is 11.3 Å². The summed E-state index contributed by atoms with van der Waals surface area (Å²) in [5.74, 6) is 0.792. The van der Waals surface area contributed by atoms with Crippen molar-refractivity contribution in [3.8, 4) is 0 Å². The third-order valence-corrected chi connectivity index (χ3v) is 3.10. The van der Waals surface area contributed by atoms with Gasteiger partial charge in [-0.1, -0.05) is 0 Å². The third-order valence-electron chi connectivity index (χ3n) is 3.10. The molecular weight excluding hydrogens is 301 g/mol. The van der Waals surface area contributed by atoms with Gasteiger partial charge in [0.25, 0.3) is 0 Å². The summed E-state index contributed by atoms with van der Waals surface area (Å²) in [7, 11) is 4.05. The van der Waals surface area contributed by atoms with Gasteiger partial charge in [-0.05, 0) is 27.1 Å². The molecule has 1 fully saturated rings. The number of nitrogens with zero attached hydrogens (tertiary/aromatic N) is 3. The van der Waals surface area contributed by atoms with Crippen LogP contribution in [-0.4, -0.2) is 54.3 Å². The van der Waals surface area contributed by atoms with Crippen molar-refractivity contribution in [2.24, 2.45) is 5.92 Å². The van der Waals surface area contributed by atoms with Gasteiger partial charge >= 0.3 is 0 Å². The summed E-state index contributed by atoms with van der Waals surface area (Å²) >= 11 is 0. The van der Waals surface area contributed by atoms with Crippen LogP contribution >= 0.6 is 24.8 Å². The highest BCUT2D eigenvalue weighted by Crippen LogP contribution is 2.11. The largest absolute Gasteiger partial charge is 0.316 e. The summed E-state index contributed by atoms with van der Waals surface area (Å²) in [5.41, 5.74) is 0. The van der Waals surface area contributed by atoms with Crippen LogP contribution in [0.5, 0.6) is 0 Å². The number of amides is 1. The normalized spacial score (nSPS) is 17.4. The van der Waals surface area contributed by atoms with Crippen molar-refractivity contribution in [2.45, 2.75) is 13.0 Å². The number of aromatic nitrogens is 2. The molecule has 0 spiro atoms. The van der Waals surface area contributed by atoms with Crippen LogP contribution in [0, 0.1) is 5.92 Å². The minimum atomic E-state index is 0. The average molecular weight is 324 g/mol. The summed E-state index contributed by atoms with van der Waals surface area (Å²) in [5, 5.41) is 10.4. The third kappa shape index (κ3) is 5.66. The van der Waals surface area contributed by atoms with Crippen molar-refractivity contribution >= 4 is 36.5 Å². The molecule has 0 bridgehead atoms. The number of anilines is 1. The second kappa shape index (κ2) is 9.18. The zero-order chi connectivity index (χ0) is 13.0. The Morgan fingerprint density at radius 3 is 2.90 bits per heavy atom. The van der Waals surface area contributed by atoms with E-state index in [-0.39, 0.29) is 36.6 Å². The van der Waals surface area contributed by atoms with E-state index in [1.165, 1.54) is 0 Å². The van der Waals surface area contributed by atoms with Crippen molar-refractivity contribution in [1.82, 2.24) is 20.0 Å². The number of carbonyl (C=O) groups excluding carboxylic acids is 1. The molecule has 1 aliphatic rings. The van der Waals surface area contributed by atoms with Gasteiger partial charge in [0.1, 0.15) is 0 Å². The Hall–Kier alpha value is -0.820. The fraction of sp³-hybridized carbons (Fsp3) is 0.667. The topological polar surface area (TPSA) is 62.2 Å². The van der Waals surface area contributed by atoms with E-state index < -0.39 is 0 Å². The monoisotopic (exact) mass is 323 g/mol. The Kier molecular flexibility index (Phi) is 8.80. The number of carbonyl (C=O) groups is 1. The Morgan fingerprint density at radius 1 is 1.55 bits per heavy atom. The van der Waals surface area contributed by atoms with E-state index in [0.717, 1.165) is 32.6 Å². The lowest BCUT2D eigenvalue weighted by molar-refractivity contribution is -0.119. The van der Waals surface area contributed by atoms with E-state index in [2.05, 4.69) is 20.6 Å². The molecule has 1 saturated heterocycles. The number of nitrogens with one attached hydrogen (secondary N) is 2. The van der Waals surface area contributed by atoms with Gasteiger partial charge in [-0.15, -0.1) is 24.8 Å². The van der Waals surface area contributed by atoms with E-state index in [0.29, 0.717) is 5.82 Å². The highest BCUT2D eigenvalue weighted by Gasteiger charge is 2.22. The number of halogens is 2. The molecule has 0 aliphatic carbocycles. The molecule has 116 valence electrons. The number of hydrogen-bond acceptors (Lipinski definition) is 4. The van der Waals surface area contributed by atoms with Gasteiger partial charge in [0.2, 0.25) is 5.91 Å². The van der Waals surface area contributed by atoms with E-state index >= 15 is 0 Å². The molecule has 1 unspecified atom stereocenters. The molecule has 1 aromatic rings. The second-order valence-electron chi connectivity index (χ2n) is 4.95. The molecule has 2 heterocycles. The quantitative estimate of drug-likeness (QED) is 0.842. The first-order valence-electron chi connectivity index (χ1n) is 6.35.